The van der Waals surface area contributed by atoms with Gasteiger partial charge in [0.15, 0.2) is 0 Å². The van der Waals surface area contributed by atoms with Crippen LogP contribution in [-0.4, -0.2) is 65.9 Å². The summed E-state index contributed by atoms with van der Waals surface area (Å²) in [5.74, 6) is -1.57. The number of dihydropyridines is 1. The topological polar surface area (TPSA) is 192 Å². The Labute approximate surface area is 326 Å². The van der Waals surface area contributed by atoms with Crippen LogP contribution in [0.15, 0.2) is 78.2 Å². The number of unbranched alkanes of at least 4 members (excludes halogenated alkanes) is 4. The number of nitrogens with two attached hydrogens (primary N) is 1. The molecule has 0 radical (unpaired) electrons. The summed E-state index contributed by atoms with van der Waals surface area (Å²) in [6, 6.07) is 8.30. The zero-order valence-electron chi connectivity index (χ0n) is 32.3. The largest absolute Gasteiger partial charge is 0.508 e. The van der Waals surface area contributed by atoms with Crippen LogP contribution in [0.2, 0.25) is 0 Å². The Bertz CT molecular complexity index is 1710. The summed E-state index contributed by atoms with van der Waals surface area (Å²) in [6.45, 7) is 2.85. The monoisotopic (exact) mass is 757 g/mol. The number of phenolic OH excluding ortho intramolecular Hbond substituents is 2. The van der Waals surface area contributed by atoms with Crippen molar-refractivity contribution in [3.63, 3.8) is 0 Å². The number of fused-ring (bicyclic) bond motifs is 1. The molecule has 3 aliphatic carbocycles. The van der Waals surface area contributed by atoms with Gasteiger partial charge in [0.1, 0.15) is 11.5 Å². The van der Waals surface area contributed by atoms with E-state index in [0.29, 0.717) is 43.1 Å². The third kappa shape index (κ3) is 10.1. The van der Waals surface area contributed by atoms with E-state index in [9.17, 15) is 35.4 Å². The van der Waals surface area contributed by atoms with Gasteiger partial charge >= 0.3 is 5.97 Å². The van der Waals surface area contributed by atoms with E-state index in [2.05, 4.69) is 35.5 Å². The smallest absolute Gasteiger partial charge is 0.309 e. The molecule has 0 spiro atoms. The minimum atomic E-state index is -1.17. The third-order valence-corrected chi connectivity index (χ3v) is 13.0. The second kappa shape index (κ2) is 18.3. The summed E-state index contributed by atoms with van der Waals surface area (Å²) in [5, 5.41) is 68.6. The van der Waals surface area contributed by atoms with Gasteiger partial charge in [-0.25, -0.2) is 0 Å². The van der Waals surface area contributed by atoms with E-state index in [1.165, 1.54) is 25.3 Å². The van der Waals surface area contributed by atoms with E-state index in [1.807, 2.05) is 30.4 Å². The summed E-state index contributed by atoms with van der Waals surface area (Å²) in [7, 11) is 0. The molecule has 1 aromatic heterocycles. The second-order valence-electron chi connectivity index (χ2n) is 16.9. The highest BCUT2D eigenvalue weighted by Gasteiger charge is 2.56. The summed E-state index contributed by atoms with van der Waals surface area (Å²) in [5.41, 5.74) is 8.33. The second-order valence-corrected chi connectivity index (χ2v) is 16.9. The Balaban J connectivity index is 1.10. The molecular formula is C45H63N3O7. The lowest BCUT2D eigenvalue weighted by molar-refractivity contribution is -0.148. The molecule has 0 unspecified atom stereocenters. The van der Waals surface area contributed by atoms with E-state index in [1.54, 1.807) is 12.1 Å². The number of rotatable bonds is 18. The van der Waals surface area contributed by atoms with Gasteiger partial charge in [-0.3, -0.25) is 4.79 Å². The minimum Gasteiger partial charge on any atom is -0.508 e. The van der Waals surface area contributed by atoms with Crippen molar-refractivity contribution < 1.29 is 35.4 Å². The lowest BCUT2D eigenvalue weighted by Gasteiger charge is -2.42. The first-order chi connectivity index (χ1) is 26.4. The summed E-state index contributed by atoms with van der Waals surface area (Å²) < 4.78 is 0. The Morgan fingerprint density at radius 2 is 1.75 bits per heavy atom. The summed E-state index contributed by atoms with van der Waals surface area (Å²) in [4.78, 5) is 16.0. The van der Waals surface area contributed by atoms with Gasteiger partial charge in [-0.1, -0.05) is 75.8 Å². The summed E-state index contributed by atoms with van der Waals surface area (Å²) in [6.07, 6.45) is 22.5. The number of hydrogen-bond acceptors (Lipinski definition) is 8. The number of nitrogens with one attached hydrogen (secondary N) is 2. The van der Waals surface area contributed by atoms with Crippen molar-refractivity contribution >= 4 is 5.97 Å². The number of carboxylic acids is 1. The van der Waals surface area contributed by atoms with Crippen molar-refractivity contribution in [3.8, 4) is 22.8 Å². The molecule has 2 aromatic rings. The van der Waals surface area contributed by atoms with E-state index in [4.69, 9.17) is 5.73 Å². The highest BCUT2D eigenvalue weighted by Crippen LogP contribution is 2.55. The van der Waals surface area contributed by atoms with Gasteiger partial charge in [-0.2, -0.15) is 0 Å². The first-order valence-electron chi connectivity index (χ1n) is 20.7. The lowest BCUT2D eigenvalue weighted by Crippen LogP contribution is -2.48. The first-order valence-corrected chi connectivity index (χ1v) is 20.7. The molecular weight excluding hydrogens is 695 g/mol. The quantitative estimate of drug-likeness (QED) is 0.0566. The maximum absolute atomic E-state index is 12.7. The molecule has 0 bridgehead atoms. The van der Waals surface area contributed by atoms with Gasteiger partial charge in [0.2, 0.25) is 0 Å². The van der Waals surface area contributed by atoms with Crippen LogP contribution in [0.3, 0.4) is 0 Å². The number of allylic oxidation sites excluding steroid dienone is 3. The average Bonchev–Trinajstić information content (AvgIpc) is 3.71. The fraction of sp³-hybridized carbons (Fsp3) is 0.578. The number of phenols is 2. The minimum absolute atomic E-state index is 0.0371. The lowest BCUT2D eigenvalue weighted by atomic mass is 9.68. The predicted octanol–water partition coefficient (Wildman–Crippen LogP) is 7.06. The molecule has 1 saturated carbocycles. The van der Waals surface area contributed by atoms with E-state index in [-0.39, 0.29) is 47.7 Å². The number of aromatic amines is 1. The van der Waals surface area contributed by atoms with Crippen molar-refractivity contribution in [2.45, 2.75) is 115 Å². The normalized spacial score (nSPS) is 29.9. The van der Waals surface area contributed by atoms with Gasteiger partial charge in [-0.05, 0) is 105 Å². The molecule has 2 heterocycles. The zero-order valence-corrected chi connectivity index (χ0v) is 32.3. The molecule has 10 N–H and O–H groups in total. The third-order valence-electron chi connectivity index (χ3n) is 13.0. The predicted molar refractivity (Wildman–Crippen MR) is 215 cm³/mol. The van der Waals surface area contributed by atoms with Crippen LogP contribution in [0.25, 0.3) is 11.3 Å². The first kappa shape index (κ1) is 40.7. The molecule has 1 aromatic carbocycles. The van der Waals surface area contributed by atoms with Gasteiger partial charge in [0.05, 0.1) is 29.5 Å². The van der Waals surface area contributed by atoms with Crippen LogP contribution in [0.1, 0.15) is 96.1 Å². The Kier molecular flexibility index (Phi) is 13.5. The number of aliphatic hydroxyl groups excluding tert-OH is 2. The highest BCUT2D eigenvalue weighted by molar-refractivity contribution is 5.70. The molecule has 6 rings (SSSR count). The Hall–Kier alpha value is -3.99. The van der Waals surface area contributed by atoms with Crippen LogP contribution < -0.4 is 11.1 Å². The molecule has 1 aliphatic heterocycles. The molecule has 1 fully saturated rings. The number of carbonyl (C=O) groups is 1. The van der Waals surface area contributed by atoms with Gasteiger partial charge in [0, 0.05) is 47.3 Å². The Morgan fingerprint density at radius 1 is 0.964 bits per heavy atom. The van der Waals surface area contributed by atoms with Crippen molar-refractivity contribution in [1.82, 2.24) is 10.3 Å². The fourth-order valence-corrected chi connectivity index (χ4v) is 10.0. The molecule has 10 nitrogen and oxygen atoms in total. The van der Waals surface area contributed by atoms with Gasteiger partial charge in [0.25, 0.3) is 0 Å². The number of aromatic hydroxyl groups is 2. The van der Waals surface area contributed by atoms with Crippen LogP contribution in [-0.2, 0) is 11.2 Å². The number of benzene rings is 1. The Morgan fingerprint density at radius 3 is 2.47 bits per heavy atom. The van der Waals surface area contributed by atoms with Crippen LogP contribution >= 0.6 is 0 Å². The van der Waals surface area contributed by atoms with Crippen molar-refractivity contribution in [2.24, 2.45) is 47.2 Å². The number of aliphatic carboxylic acids is 1. The molecule has 10 heteroatoms. The maximum Gasteiger partial charge on any atom is 0.309 e. The molecule has 4 aliphatic rings. The molecule has 300 valence electrons. The zero-order chi connectivity index (χ0) is 39.1. The number of H-pyrrole nitrogens is 1. The number of aromatic nitrogens is 1. The standard InChI is InChI=1S/C45H63N3O7/c1-2-3-5-8-28-11-12-30(41(51)20-28)9-6-4-7-10-38(44(53)54)43(52)31-13-15-39-32(19-29-17-18-47-42(46)21-29)22-34(45(39,55)27-31)25-35-14-16-40(48-35)33-23-36(49)26-37(50)24-33/h11-17,21,23-24,26,28,30-32,34,38-39,41,43,47-52,55H,2-10,18-20,22,25,27,46H2,1H3,(H,53,54)/t28-,30-,31-,32+,34+,38+,39+,41-,43-,45+/m1/s1. The number of carboxylic acid groups (broad SMARTS) is 1. The van der Waals surface area contributed by atoms with Crippen molar-refractivity contribution in [1.29, 1.82) is 0 Å². The SMILES string of the molecule is CCCCC[C@@H]1C=C[C@@H](CCCCC[C@H](C(=O)O)[C@H](O)[C@@H]2C=C[C@H]3[C@@H](CC4=CCNC(N)=C4)C[C@@H](Cc4ccc(-c5cc(O)cc(O)c5)[nH]4)[C@@]3(O)C2)[C@H](O)C1. The summed E-state index contributed by atoms with van der Waals surface area (Å²) >= 11 is 0. The van der Waals surface area contributed by atoms with Gasteiger partial charge < -0.3 is 46.7 Å². The number of aliphatic hydroxyl groups is 3. The van der Waals surface area contributed by atoms with Gasteiger partial charge in [-0.15, -0.1) is 0 Å². The molecule has 10 atom stereocenters. The van der Waals surface area contributed by atoms with E-state index >= 15 is 0 Å². The van der Waals surface area contributed by atoms with Crippen molar-refractivity contribution in [3.05, 3.63) is 83.9 Å². The molecule has 0 saturated heterocycles. The molecule has 55 heavy (non-hydrogen) atoms. The van der Waals surface area contributed by atoms with E-state index in [0.717, 1.165) is 61.9 Å². The van der Waals surface area contributed by atoms with Crippen LogP contribution in [0, 0.1) is 41.4 Å². The fourth-order valence-electron chi connectivity index (χ4n) is 10.0. The maximum atomic E-state index is 12.7. The highest BCUT2D eigenvalue weighted by atomic mass is 16.4. The van der Waals surface area contributed by atoms with E-state index < -0.39 is 29.5 Å². The number of hydrogen-bond donors (Lipinski definition) is 9. The van der Waals surface area contributed by atoms with Crippen LogP contribution in [0.5, 0.6) is 11.5 Å². The van der Waals surface area contributed by atoms with Crippen LogP contribution in [0.4, 0.5) is 0 Å². The average molecular weight is 758 g/mol. The molecule has 0 amide bonds. The van der Waals surface area contributed by atoms with Crippen molar-refractivity contribution in [2.75, 3.05) is 6.54 Å².